The molecule has 1 unspecified atom stereocenters. The van der Waals surface area contributed by atoms with E-state index in [1.54, 1.807) is 0 Å². The summed E-state index contributed by atoms with van der Waals surface area (Å²) in [5.41, 5.74) is 6.23. The lowest BCUT2D eigenvalue weighted by Crippen LogP contribution is -2.54. The molecular weight excluding hydrogens is 188 g/mol. The summed E-state index contributed by atoms with van der Waals surface area (Å²) in [6.45, 7) is 9.24. The minimum atomic E-state index is 0.225. The average Bonchev–Trinajstić information content (AvgIpc) is 2.55. The van der Waals surface area contributed by atoms with Gasteiger partial charge in [-0.3, -0.25) is 4.90 Å². The highest BCUT2D eigenvalue weighted by molar-refractivity contribution is 4.90. The number of hydrogen-bond acceptors (Lipinski definition) is 3. The van der Waals surface area contributed by atoms with Crippen LogP contribution in [0.2, 0.25) is 0 Å². The molecule has 0 radical (unpaired) electrons. The minimum absolute atomic E-state index is 0.225. The molecule has 1 fully saturated rings. The molecule has 3 nitrogen and oxygen atoms in total. The van der Waals surface area contributed by atoms with Crippen molar-refractivity contribution in [2.75, 3.05) is 32.8 Å². The number of nitrogens with two attached hydrogens (primary N) is 1. The molecule has 1 atom stereocenters. The zero-order valence-corrected chi connectivity index (χ0v) is 10.3. The van der Waals surface area contributed by atoms with Crippen molar-refractivity contribution in [3.8, 4) is 0 Å². The first-order valence-electron chi connectivity index (χ1n) is 6.32. The van der Waals surface area contributed by atoms with Gasteiger partial charge in [-0.2, -0.15) is 0 Å². The van der Waals surface area contributed by atoms with Gasteiger partial charge in [-0.05, 0) is 19.3 Å². The van der Waals surface area contributed by atoms with Gasteiger partial charge in [0, 0.05) is 31.8 Å². The van der Waals surface area contributed by atoms with Crippen molar-refractivity contribution in [1.29, 1.82) is 0 Å². The van der Waals surface area contributed by atoms with Crippen LogP contribution in [0, 0.1) is 0 Å². The highest BCUT2D eigenvalue weighted by atomic mass is 16.5. The summed E-state index contributed by atoms with van der Waals surface area (Å²) in [5.74, 6) is 0. The van der Waals surface area contributed by atoms with Crippen LogP contribution in [0.15, 0.2) is 0 Å². The van der Waals surface area contributed by atoms with Crippen molar-refractivity contribution in [3.05, 3.63) is 0 Å². The highest BCUT2D eigenvalue weighted by Gasteiger charge is 2.32. The van der Waals surface area contributed by atoms with Gasteiger partial charge in [-0.25, -0.2) is 0 Å². The fourth-order valence-corrected chi connectivity index (χ4v) is 2.62. The van der Waals surface area contributed by atoms with Crippen molar-refractivity contribution in [1.82, 2.24) is 4.90 Å². The zero-order chi connectivity index (χ0) is 11.1. The Bertz CT molecular complexity index is 161. The maximum atomic E-state index is 6.00. The number of ether oxygens (including phenoxy) is 1. The molecule has 1 aliphatic rings. The fourth-order valence-electron chi connectivity index (χ4n) is 2.62. The summed E-state index contributed by atoms with van der Waals surface area (Å²) in [6, 6.07) is 0. The van der Waals surface area contributed by atoms with Crippen LogP contribution in [-0.4, -0.2) is 43.3 Å². The van der Waals surface area contributed by atoms with Crippen LogP contribution in [0.5, 0.6) is 0 Å². The Labute approximate surface area is 94.0 Å². The monoisotopic (exact) mass is 214 g/mol. The molecular formula is C12H26N2O. The summed E-state index contributed by atoms with van der Waals surface area (Å²) < 4.78 is 5.50. The van der Waals surface area contributed by atoms with Gasteiger partial charge in [0.15, 0.2) is 0 Å². The first kappa shape index (κ1) is 12.9. The van der Waals surface area contributed by atoms with Crippen molar-refractivity contribution in [2.24, 2.45) is 5.73 Å². The van der Waals surface area contributed by atoms with Gasteiger partial charge in [-0.1, -0.05) is 20.3 Å². The SMILES string of the molecule is CCCC(CC)(CN)N1CCCOCC1. The van der Waals surface area contributed by atoms with Crippen LogP contribution in [0.4, 0.5) is 0 Å². The van der Waals surface area contributed by atoms with E-state index in [2.05, 4.69) is 18.7 Å². The predicted molar refractivity (Wildman–Crippen MR) is 64.0 cm³/mol. The molecule has 0 aromatic carbocycles. The zero-order valence-electron chi connectivity index (χ0n) is 10.3. The Kier molecular flexibility index (Phi) is 5.58. The first-order valence-corrected chi connectivity index (χ1v) is 6.32. The molecule has 0 aliphatic carbocycles. The second kappa shape index (κ2) is 6.46. The normalized spacial score (nSPS) is 23.4. The molecule has 1 rings (SSSR count). The fraction of sp³-hybridized carbons (Fsp3) is 1.00. The lowest BCUT2D eigenvalue weighted by atomic mass is 9.88. The number of rotatable bonds is 5. The summed E-state index contributed by atoms with van der Waals surface area (Å²) in [5, 5.41) is 0. The van der Waals surface area contributed by atoms with Crippen LogP contribution in [-0.2, 0) is 4.74 Å². The van der Waals surface area contributed by atoms with E-state index in [0.717, 1.165) is 45.7 Å². The van der Waals surface area contributed by atoms with Crippen LogP contribution in [0.3, 0.4) is 0 Å². The number of nitrogens with zero attached hydrogens (tertiary/aromatic N) is 1. The third kappa shape index (κ3) is 3.16. The van der Waals surface area contributed by atoms with Gasteiger partial charge in [0.2, 0.25) is 0 Å². The number of hydrogen-bond donors (Lipinski definition) is 1. The maximum Gasteiger partial charge on any atom is 0.0593 e. The second-order valence-corrected chi connectivity index (χ2v) is 4.48. The summed E-state index contributed by atoms with van der Waals surface area (Å²) >= 11 is 0. The van der Waals surface area contributed by atoms with E-state index in [1.165, 1.54) is 12.8 Å². The summed E-state index contributed by atoms with van der Waals surface area (Å²) in [4.78, 5) is 2.56. The second-order valence-electron chi connectivity index (χ2n) is 4.48. The molecule has 2 N–H and O–H groups in total. The molecule has 0 spiro atoms. The van der Waals surface area contributed by atoms with Gasteiger partial charge in [-0.15, -0.1) is 0 Å². The molecule has 1 heterocycles. The van der Waals surface area contributed by atoms with Gasteiger partial charge in [0.25, 0.3) is 0 Å². The minimum Gasteiger partial charge on any atom is -0.380 e. The van der Waals surface area contributed by atoms with Gasteiger partial charge >= 0.3 is 0 Å². The van der Waals surface area contributed by atoms with Crippen LogP contribution in [0.1, 0.15) is 39.5 Å². The Balaban J connectivity index is 2.66. The quantitative estimate of drug-likeness (QED) is 0.756. The van der Waals surface area contributed by atoms with Crippen molar-refractivity contribution in [2.45, 2.75) is 45.1 Å². The third-order valence-electron chi connectivity index (χ3n) is 3.65. The van der Waals surface area contributed by atoms with E-state index >= 15 is 0 Å². The average molecular weight is 214 g/mol. The molecule has 3 heteroatoms. The van der Waals surface area contributed by atoms with Crippen LogP contribution in [0.25, 0.3) is 0 Å². The maximum absolute atomic E-state index is 6.00. The van der Waals surface area contributed by atoms with Gasteiger partial charge < -0.3 is 10.5 Å². The largest absolute Gasteiger partial charge is 0.380 e. The standard InChI is InChI=1S/C12H26N2O/c1-3-6-12(4-2,11-13)14-7-5-9-15-10-8-14/h3-11,13H2,1-2H3. The molecule has 90 valence electrons. The Morgan fingerprint density at radius 3 is 2.67 bits per heavy atom. The molecule has 15 heavy (non-hydrogen) atoms. The lowest BCUT2D eigenvalue weighted by molar-refractivity contribution is 0.0711. The lowest BCUT2D eigenvalue weighted by Gasteiger charge is -2.42. The Hall–Kier alpha value is -0.120. The van der Waals surface area contributed by atoms with E-state index in [-0.39, 0.29) is 5.54 Å². The Morgan fingerprint density at radius 2 is 2.07 bits per heavy atom. The van der Waals surface area contributed by atoms with Crippen LogP contribution < -0.4 is 5.73 Å². The first-order chi connectivity index (χ1) is 7.29. The molecule has 0 saturated carbocycles. The van der Waals surface area contributed by atoms with Crippen molar-refractivity contribution < 1.29 is 4.74 Å². The highest BCUT2D eigenvalue weighted by Crippen LogP contribution is 2.25. The molecule has 1 saturated heterocycles. The van der Waals surface area contributed by atoms with Crippen LogP contribution >= 0.6 is 0 Å². The smallest absolute Gasteiger partial charge is 0.0593 e. The van der Waals surface area contributed by atoms with Gasteiger partial charge in [0.1, 0.15) is 0 Å². The molecule has 1 aliphatic heterocycles. The Morgan fingerprint density at radius 1 is 1.27 bits per heavy atom. The van der Waals surface area contributed by atoms with E-state index in [9.17, 15) is 0 Å². The van der Waals surface area contributed by atoms with E-state index in [4.69, 9.17) is 10.5 Å². The van der Waals surface area contributed by atoms with Crippen molar-refractivity contribution >= 4 is 0 Å². The third-order valence-corrected chi connectivity index (χ3v) is 3.65. The van der Waals surface area contributed by atoms with Gasteiger partial charge in [0.05, 0.1) is 6.61 Å². The van der Waals surface area contributed by atoms with E-state index in [0.29, 0.717) is 0 Å². The van der Waals surface area contributed by atoms with E-state index in [1.807, 2.05) is 0 Å². The predicted octanol–water partition coefficient (Wildman–Crippen LogP) is 1.62. The molecule has 0 amide bonds. The van der Waals surface area contributed by atoms with Crippen molar-refractivity contribution in [3.63, 3.8) is 0 Å². The van der Waals surface area contributed by atoms with E-state index < -0.39 is 0 Å². The summed E-state index contributed by atoms with van der Waals surface area (Å²) in [6.07, 6.45) is 4.71. The molecule has 0 bridgehead atoms. The topological polar surface area (TPSA) is 38.5 Å². The summed E-state index contributed by atoms with van der Waals surface area (Å²) in [7, 11) is 0. The molecule has 0 aromatic heterocycles. The molecule has 0 aromatic rings.